The molecule has 0 aromatic heterocycles. The maximum Gasteiger partial charge on any atom is 0.315 e. The van der Waals surface area contributed by atoms with Gasteiger partial charge in [-0.05, 0) is 31.0 Å². The number of halogens is 1. The molecular weight excluding hydrogens is 302 g/mol. The number of amides is 2. The first kappa shape index (κ1) is 17.1. The second-order valence-corrected chi connectivity index (χ2v) is 6.11. The van der Waals surface area contributed by atoms with Gasteiger partial charge in [-0.15, -0.1) is 0 Å². The summed E-state index contributed by atoms with van der Waals surface area (Å²) in [6, 6.07) is 7.54. The molecule has 6 heteroatoms. The zero-order valence-corrected chi connectivity index (χ0v) is 13.9. The van der Waals surface area contributed by atoms with Gasteiger partial charge in [0.05, 0.1) is 12.6 Å². The Kier molecular flexibility index (Phi) is 6.49. The van der Waals surface area contributed by atoms with Gasteiger partial charge in [-0.25, -0.2) is 4.79 Å². The van der Waals surface area contributed by atoms with Crippen LogP contribution in [-0.2, 0) is 4.74 Å². The molecule has 0 spiro atoms. The predicted molar refractivity (Wildman–Crippen MR) is 88.3 cm³/mol. The third-order valence-electron chi connectivity index (χ3n) is 3.94. The Balaban J connectivity index is 1.75. The standard InChI is InChI=1S/C16H24ClN3O2/c1-12(13-3-5-14(17)6-4-13)18-16(21)19-15-7-8-20(11-15)9-10-22-2/h3-6,12,15H,7-11H2,1-2H3,(H2,18,19,21)/t12-,15+/m1/s1. The van der Waals surface area contributed by atoms with Crippen molar-refractivity contribution >= 4 is 17.6 Å². The van der Waals surface area contributed by atoms with Crippen LogP contribution in [-0.4, -0.2) is 50.3 Å². The molecule has 1 aliphatic rings. The van der Waals surface area contributed by atoms with E-state index in [1.54, 1.807) is 7.11 Å². The average molecular weight is 326 g/mol. The largest absolute Gasteiger partial charge is 0.383 e. The molecule has 2 atom stereocenters. The van der Waals surface area contributed by atoms with Crippen LogP contribution < -0.4 is 10.6 Å². The van der Waals surface area contributed by atoms with Crippen LogP contribution in [0.3, 0.4) is 0 Å². The Bertz CT molecular complexity index is 481. The van der Waals surface area contributed by atoms with Crippen molar-refractivity contribution in [3.05, 3.63) is 34.9 Å². The minimum atomic E-state index is -0.124. The first-order valence-electron chi connectivity index (χ1n) is 7.62. The van der Waals surface area contributed by atoms with Crippen LogP contribution >= 0.6 is 11.6 Å². The molecule has 1 aromatic carbocycles. The lowest BCUT2D eigenvalue weighted by molar-refractivity contribution is 0.159. The van der Waals surface area contributed by atoms with E-state index in [1.165, 1.54) is 0 Å². The number of nitrogens with one attached hydrogen (secondary N) is 2. The van der Waals surface area contributed by atoms with E-state index in [9.17, 15) is 4.79 Å². The molecule has 1 aliphatic heterocycles. The highest BCUT2D eigenvalue weighted by Crippen LogP contribution is 2.16. The first-order chi connectivity index (χ1) is 10.6. The predicted octanol–water partition coefficient (Wildman–Crippen LogP) is 2.42. The van der Waals surface area contributed by atoms with E-state index in [-0.39, 0.29) is 18.1 Å². The van der Waals surface area contributed by atoms with Gasteiger partial charge < -0.3 is 15.4 Å². The van der Waals surface area contributed by atoms with Gasteiger partial charge in [0.1, 0.15) is 0 Å². The van der Waals surface area contributed by atoms with Gasteiger partial charge in [0.15, 0.2) is 0 Å². The average Bonchev–Trinajstić information content (AvgIpc) is 2.93. The normalized spacial score (nSPS) is 19.9. The maximum absolute atomic E-state index is 12.1. The van der Waals surface area contributed by atoms with Crippen LogP contribution in [0.25, 0.3) is 0 Å². The Morgan fingerprint density at radius 1 is 1.45 bits per heavy atom. The number of likely N-dealkylation sites (tertiary alicyclic amines) is 1. The number of rotatable bonds is 6. The van der Waals surface area contributed by atoms with Crippen LogP contribution in [0.1, 0.15) is 24.9 Å². The van der Waals surface area contributed by atoms with Crippen LogP contribution in [0, 0.1) is 0 Å². The third-order valence-corrected chi connectivity index (χ3v) is 4.19. The highest BCUT2D eigenvalue weighted by Gasteiger charge is 2.23. The molecule has 0 bridgehead atoms. The lowest BCUT2D eigenvalue weighted by atomic mass is 10.1. The van der Waals surface area contributed by atoms with Gasteiger partial charge in [0, 0.05) is 37.8 Å². The molecule has 1 aromatic rings. The molecular formula is C16H24ClN3O2. The number of hydrogen-bond donors (Lipinski definition) is 2. The van der Waals surface area contributed by atoms with Gasteiger partial charge in [-0.3, -0.25) is 4.90 Å². The molecule has 122 valence electrons. The van der Waals surface area contributed by atoms with Crippen molar-refractivity contribution in [3.8, 4) is 0 Å². The quantitative estimate of drug-likeness (QED) is 0.844. The zero-order valence-electron chi connectivity index (χ0n) is 13.1. The second kappa shape index (κ2) is 8.36. The number of carbonyl (C=O) groups is 1. The summed E-state index contributed by atoms with van der Waals surface area (Å²) in [5.41, 5.74) is 1.03. The van der Waals surface area contributed by atoms with E-state index < -0.39 is 0 Å². The van der Waals surface area contributed by atoms with Gasteiger partial charge >= 0.3 is 6.03 Å². The van der Waals surface area contributed by atoms with Gasteiger partial charge in [0.2, 0.25) is 0 Å². The highest BCUT2D eigenvalue weighted by atomic mass is 35.5. The minimum absolute atomic E-state index is 0.0525. The smallest absolute Gasteiger partial charge is 0.315 e. The molecule has 1 fully saturated rings. The fraction of sp³-hybridized carbons (Fsp3) is 0.562. The fourth-order valence-corrected chi connectivity index (χ4v) is 2.76. The minimum Gasteiger partial charge on any atom is -0.383 e. The monoisotopic (exact) mass is 325 g/mol. The number of hydrogen-bond acceptors (Lipinski definition) is 3. The number of methoxy groups -OCH3 is 1. The summed E-state index contributed by atoms with van der Waals surface area (Å²) in [7, 11) is 1.71. The van der Waals surface area contributed by atoms with Gasteiger partial charge in [-0.2, -0.15) is 0 Å². The Morgan fingerprint density at radius 2 is 2.18 bits per heavy atom. The molecule has 0 saturated carbocycles. The summed E-state index contributed by atoms with van der Waals surface area (Å²) in [6.45, 7) is 5.49. The molecule has 2 amide bonds. The van der Waals surface area contributed by atoms with Crippen LogP contribution in [0.4, 0.5) is 4.79 Å². The van der Waals surface area contributed by atoms with Gasteiger partial charge in [0.25, 0.3) is 0 Å². The molecule has 0 unspecified atom stereocenters. The van der Waals surface area contributed by atoms with E-state index in [1.807, 2.05) is 31.2 Å². The van der Waals surface area contributed by atoms with Crippen molar-refractivity contribution in [2.45, 2.75) is 25.4 Å². The first-order valence-corrected chi connectivity index (χ1v) is 8.00. The summed E-state index contributed by atoms with van der Waals surface area (Å²) in [5, 5.41) is 6.70. The van der Waals surface area contributed by atoms with Crippen molar-refractivity contribution in [1.82, 2.24) is 15.5 Å². The summed E-state index contributed by atoms with van der Waals surface area (Å²) in [5.74, 6) is 0. The molecule has 22 heavy (non-hydrogen) atoms. The SMILES string of the molecule is COCCN1CC[C@H](NC(=O)N[C@H](C)c2ccc(Cl)cc2)C1. The van der Waals surface area contributed by atoms with Crippen LogP contribution in [0.5, 0.6) is 0 Å². The van der Waals surface area contributed by atoms with Crippen LogP contribution in [0.2, 0.25) is 5.02 Å². The molecule has 2 N–H and O–H groups in total. The molecule has 1 saturated heterocycles. The number of nitrogens with zero attached hydrogens (tertiary/aromatic N) is 1. The third kappa shape index (κ3) is 5.16. The van der Waals surface area contributed by atoms with E-state index in [0.717, 1.165) is 38.2 Å². The Hall–Kier alpha value is -1.30. The van der Waals surface area contributed by atoms with Crippen molar-refractivity contribution in [2.75, 3.05) is 33.4 Å². The number of ether oxygens (including phenoxy) is 1. The molecule has 0 radical (unpaired) electrons. The Labute approximate surface area is 137 Å². The lowest BCUT2D eigenvalue weighted by Gasteiger charge is -2.19. The summed E-state index contributed by atoms with van der Waals surface area (Å²) < 4.78 is 5.08. The number of urea groups is 1. The van der Waals surface area contributed by atoms with E-state index in [2.05, 4.69) is 15.5 Å². The molecule has 1 heterocycles. The fourth-order valence-electron chi connectivity index (χ4n) is 2.63. The lowest BCUT2D eigenvalue weighted by Crippen LogP contribution is -2.44. The van der Waals surface area contributed by atoms with Crippen molar-refractivity contribution in [3.63, 3.8) is 0 Å². The summed E-state index contributed by atoms with van der Waals surface area (Å²) in [4.78, 5) is 14.4. The number of benzene rings is 1. The van der Waals surface area contributed by atoms with Gasteiger partial charge in [-0.1, -0.05) is 23.7 Å². The van der Waals surface area contributed by atoms with Crippen molar-refractivity contribution in [1.29, 1.82) is 0 Å². The Morgan fingerprint density at radius 3 is 2.86 bits per heavy atom. The second-order valence-electron chi connectivity index (χ2n) is 5.67. The highest BCUT2D eigenvalue weighted by molar-refractivity contribution is 6.30. The van der Waals surface area contributed by atoms with Crippen molar-refractivity contribution < 1.29 is 9.53 Å². The summed E-state index contributed by atoms with van der Waals surface area (Å²) >= 11 is 5.87. The van der Waals surface area contributed by atoms with Crippen molar-refractivity contribution in [2.24, 2.45) is 0 Å². The van der Waals surface area contributed by atoms with E-state index in [0.29, 0.717) is 5.02 Å². The zero-order chi connectivity index (χ0) is 15.9. The van der Waals surface area contributed by atoms with E-state index >= 15 is 0 Å². The topological polar surface area (TPSA) is 53.6 Å². The maximum atomic E-state index is 12.1. The summed E-state index contributed by atoms with van der Waals surface area (Å²) in [6.07, 6.45) is 0.979. The number of carbonyl (C=O) groups excluding carboxylic acids is 1. The van der Waals surface area contributed by atoms with E-state index in [4.69, 9.17) is 16.3 Å². The molecule has 0 aliphatic carbocycles. The molecule has 2 rings (SSSR count). The molecule has 5 nitrogen and oxygen atoms in total. The van der Waals surface area contributed by atoms with Crippen LogP contribution in [0.15, 0.2) is 24.3 Å².